The zero-order valence-electron chi connectivity index (χ0n) is 37.9. The molecule has 7 rings (SSSR count). The third-order valence-corrected chi connectivity index (χ3v) is 11.7. The number of rotatable bonds is 11. The van der Waals surface area contributed by atoms with Gasteiger partial charge in [-0.2, -0.15) is 0 Å². The fourth-order valence-electron chi connectivity index (χ4n) is 8.72. The van der Waals surface area contributed by atoms with E-state index in [1.165, 1.54) is 15.9 Å². The lowest BCUT2D eigenvalue weighted by Crippen LogP contribution is -2.54. The largest absolute Gasteiger partial charge is 0.465 e. The number of nitrogens with zero attached hydrogens (tertiary/aromatic N) is 3. The van der Waals surface area contributed by atoms with Gasteiger partial charge in [0, 0.05) is 46.5 Å². The Kier molecular flexibility index (Phi) is 13.5. The van der Waals surface area contributed by atoms with Gasteiger partial charge < -0.3 is 40.6 Å². The first-order valence-electron chi connectivity index (χ1n) is 22.1. The summed E-state index contributed by atoms with van der Waals surface area (Å²) in [6, 6.07) is 24.8. The minimum atomic E-state index is -1.25. The fraction of sp³-hybridized carbons (Fsp3) is 0.360. The monoisotopic (exact) mass is 901 g/mol. The van der Waals surface area contributed by atoms with Crippen molar-refractivity contribution in [1.29, 1.82) is 0 Å². The van der Waals surface area contributed by atoms with Gasteiger partial charge in [0.05, 0.1) is 5.69 Å². The van der Waals surface area contributed by atoms with Crippen LogP contribution in [0.15, 0.2) is 103 Å². The zero-order valence-corrected chi connectivity index (χ0v) is 37.9. The highest BCUT2D eigenvalue weighted by Gasteiger charge is 2.45. The van der Waals surface area contributed by atoms with E-state index in [1.807, 2.05) is 0 Å². The molecule has 0 aliphatic carbocycles. The molecule has 4 atom stereocenters. The van der Waals surface area contributed by atoms with Gasteiger partial charge in [-0.1, -0.05) is 72.8 Å². The number of nitrogens with one attached hydrogen (secondary N) is 4. The number of fused-ring (bicyclic) bond motifs is 1. The van der Waals surface area contributed by atoms with Crippen LogP contribution in [0, 0.1) is 5.82 Å². The number of hydrogen-bond donors (Lipinski definition) is 5. The number of aromatic amines is 1. The third kappa shape index (κ3) is 10.3. The number of benzene rings is 4. The topological polar surface area (TPSA) is 193 Å². The van der Waals surface area contributed by atoms with E-state index >= 15 is 4.39 Å². The molecule has 4 aromatic carbocycles. The summed E-state index contributed by atoms with van der Waals surface area (Å²) < 4.78 is 21.6. The van der Waals surface area contributed by atoms with Gasteiger partial charge in [-0.25, -0.2) is 14.0 Å². The molecule has 0 spiro atoms. The first-order chi connectivity index (χ1) is 31.3. The molecule has 1 aromatic heterocycles. The SMILES string of the molecule is CC(C)(C)OC(=O)N[C@H](C(=O)N1CCC[C@H]1C(=O)Nc1ccc2[nH]c(-c3ccc(NC(=O)[C@@H]4CCCN4C(=O)[C@H](c4ccccc4)N(C(=O)O)C(C)(C)C)cc3)c(F)c2c1)c1ccccc1. The smallest absolute Gasteiger partial charge is 0.408 e. The van der Waals surface area contributed by atoms with Gasteiger partial charge in [0.2, 0.25) is 11.8 Å². The Morgan fingerprint density at radius 2 is 1.26 bits per heavy atom. The lowest BCUT2D eigenvalue weighted by atomic mass is 9.97. The normalized spacial score (nSPS) is 17.2. The van der Waals surface area contributed by atoms with Crippen LogP contribution in [0.1, 0.15) is 90.4 Å². The number of ether oxygens (including phenoxy) is 1. The predicted octanol–water partition coefficient (Wildman–Crippen LogP) is 8.62. The standard InChI is InChI=1S/C50H56FN7O8/c1-49(2,3)58(48(64)65)42(32-17-11-8-12-18-32)46(62)57-28-14-20-38(57)43(59)52-33-23-21-31(22-24-33)40-39(51)35-29-34(25-26-36(35)54-40)53-44(60)37-19-13-27-56(37)45(61)41(30-15-9-7-10-16-30)55-47(63)66-50(4,5)6/h7-12,15-18,21-26,29,37-38,41-42,54H,13-14,19-20,27-28H2,1-6H3,(H,52,59)(H,53,60)(H,55,63)(H,64,65)/t37-,38-,41-,42-/m0/s1. The Morgan fingerprint density at radius 1 is 0.727 bits per heavy atom. The second-order valence-electron chi connectivity index (χ2n) is 18.6. The van der Waals surface area contributed by atoms with Crippen molar-refractivity contribution in [2.45, 2.75) is 103 Å². The van der Waals surface area contributed by atoms with Gasteiger partial charge in [-0.15, -0.1) is 0 Å². The van der Waals surface area contributed by atoms with Crippen LogP contribution in [0.5, 0.6) is 0 Å². The van der Waals surface area contributed by atoms with E-state index in [1.54, 1.807) is 139 Å². The number of carbonyl (C=O) groups is 6. The molecule has 346 valence electrons. The van der Waals surface area contributed by atoms with Crippen molar-refractivity contribution in [3.05, 3.63) is 120 Å². The highest BCUT2D eigenvalue weighted by Crippen LogP contribution is 2.35. The quantitative estimate of drug-likeness (QED) is 0.0870. The van der Waals surface area contributed by atoms with Gasteiger partial charge >= 0.3 is 12.2 Å². The molecule has 2 fully saturated rings. The molecule has 2 aliphatic rings. The number of carboxylic acid groups (broad SMARTS) is 1. The van der Waals surface area contributed by atoms with Crippen LogP contribution < -0.4 is 16.0 Å². The molecule has 6 amide bonds. The Labute approximate surface area is 382 Å². The highest BCUT2D eigenvalue weighted by atomic mass is 19.1. The summed E-state index contributed by atoms with van der Waals surface area (Å²) in [4.78, 5) is 88.4. The van der Waals surface area contributed by atoms with Crippen molar-refractivity contribution in [3.8, 4) is 11.3 Å². The van der Waals surface area contributed by atoms with Crippen LogP contribution in [-0.2, 0) is 23.9 Å². The lowest BCUT2D eigenvalue weighted by Gasteiger charge is -2.41. The van der Waals surface area contributed by atoms with E-state index in [4.69, 9.17) is 4.74 Å². The predicted molar refractivity (Wildman–Crippen MR) is 248 cm³/mol. The van der Waals surface area contributed by atoms with Crippen molar-refractivity contribution in [2.75, 3.05) is 23.7 Å². The molecule has 5 aromatic rings. The summed E-state index contributed by atoms with van der Waals surface area (Å²) in [5.74, 6) is -2.39. The molecule has 66 heavy (non-hydrogen) atoms. The number of carbonyl (C=O) groups excluding carboxylic acids is 5. The number of hydrogen-bond acceptors (Lipinski definition) is 7. The maximum absolute atomic E-state index is 16.2. The van der Waals surface area contributed by atoms with Crippen molar-refractivity contribution in [3.63, 3.8) is 0 Å². The van der Waals surface area contributed by atoms with Gasteiger partial charge in [0.25, 0.3) is 11.8 Å². The number of H-pyrrole nitrogens is 1. The van der Waals surface area contributed by atoms with Gasteiger partial charge in [-0.05, 0) is 109 Å². The molecule has 2 saturated heterocycles. The maximum atomic E-state index is 16.2. The Hall–Kier alpha value is -7.23. The van der Waals surface area contributed by atoms with Gasteiger partial charge in [-0.3, -0.25) is 24.1 Å². The number of amides is 6. The summed E-state index contributed by atoms with van der Waals surface area (Å²) in [6.45, 7) is 10.9. The van der Waals surface area contributed by atoms with Gasteiger partial charge in [0.1, 0.15) is 29.8 Å². The summed E-state index contributed by atoms with van der Waals surface area (Å²) in [5.41, 5.74) is 1.20. The molecular formula is C50H56FN7O8. The Bertz CT molecular complexity index is 2610. The number of likely N-dealkylation sites (tertiary alicyclic amines) is 2. The molecule has 16 heteroatoms. The first-order valence-corrected chi connectivity index (χ1v) is 22.1. The average Bonchev–Trinajstić information content (AvgIpc) is 4.04. The Morgan fingerprint density at radius 3 is 1.80 bits per heavy atom. The van der Waals surface area contributed by atoms with Crippen molar-refractivity contribution < 1.29 is 43.0 Å². The summed E-state index contributed by atoms with van der Waals surface area (Å²) >= 11 is 0. The number of anilines is 2. The number of halogens is 1. The summed E-state index contributed by atoms with van der Waals surface area (Å²) in [6.07, 6.45) is -0.120. The highest BCUT2D eigenvalue weighted by molar-refractivity contribution is 6.01. The Balaban J connectivity index is 1.03. The van der Waals surface area contributed by atoms with Crippen LogP contribution in [0.25, 0.3) is 22.2 Å². The molecule has 5 N–H and O–H groups in total. The molecule has 0 saturated carbocycles. The maximum Gasteiger partial charge on any atom is 0.408 e. The van der Waals surface area contributed by atoms with Crippen molar-refractivity contribution >= 4 is 58.1 Å². The van der Waals surface area contributed by atoms with Crippen molar-refractivity contribution in [1.82, 2.24) is 25.0 Å². The first kappa shape index (κ1) is 46.8. The molecule has 0 unspecified atom stereocenters. The van der Waals surface area contributed by atoms with Crippen LogP contribution in [-0.4, -0.2) is 96.9 Å². The fourth-order valence-corrected chi connectivity index (χ4v) is 8.72. The third-order valence-electron chi connectivity index (χ3n) is 11.7. The van der Waals surface area contributed by atoms with E-state index in [9.17, 15) is 33.9 Å². The van der Waals surface area contributed by atoms with Crippen molar-refractivity contribution in [2.24, 2.45) is 0 Å². The van der Waals surface area contributed by atoms with E-state index in [0.717, 1.165) is 4.90 Å². The van der Waals surface area contributed by atoms with Crippen LogP contribution >= 0.6 is 0 Å². The summed E-state index contributed by atoms with van der Waals surface area (Å²) in [7, 11) is 0. The molecule has 2 aliphatic heterocycles. The molecule has 0 bridgehead atoms. The number of alkyl carbamates (subject to hydrolysis) is 1. The molecular weight excluding hydrogens is 846 g/mol. The van der Waals surface area contributed by atoms with Crippen LogP contribution in [0.4, 0.5) is 25.4 Å². The number of aromatic nitrogens is 1. The van der Waals surface area contributed by atoms with E-state index in [0.29, 0.717) is 65.8 Å². The van der Waals surface area contributed by atoms with E-state index in [-0.39, 0.29) is 17.6 Å². The summed E-state index contributed by atoms with van der Waals surface area (Å²) in [5, 5.41) is 18.9. The van der Waals surface area contributed by atoms with Crippen LogP contribution in [0.2, 0.25) is 0 Å². The van der Waals surface area contributed by atoms with Crippen LogP contribution in [0.3, 0.4) is 0 Å². The second kappa shape index (κ2) is 19.1. The van der Waals surface area contributed by atoms with E-state index < -0.39 is 76.9 Å². The minimum Gasteiger partial charge on any atom is -0.465 e. The minimum absolute atomic E-state index is 0.185. The van der Waals surface area contributed by atoms with Gasteiger partial charge in [0.15, 0.2) is 5.82 Å². The zero-order chi connectivity index (χ0) is 47.5. The molecule has 3 heterocycles. The second-order valence-corrected chi connectivity index (χ2v) is 18.6. The van der Waals surface area contributed by atoms with E-state index in [2.05, 4.69) is 20.9 Å². The average molecular weight is 902 g/mol. The lowest BCUT2D eigenvalue weighted by molar-refractivity contribution is -0.142. The molecule has 15 nitrogen and oxygen atoms in total. The molecule has 0 radical (unpaired) electrons.